The standard InChI is InChI=1S/C56H34N2O2/c1-3-22-51-45(14-1)47-18-8-16-43(55(47)59-51)35-26-30-39(31-27-35)57(40-32-28-36(29-33-40)44-17-9-19-48-46-15-2-4-23-52(46)60-56(44)48)41-12-7-13-42(34-41)58-49-20-5-10-37-24-25-38-11-6-21-50(58)54(38)53(37)49/h1-34H. The minimum absolute atomic E-state index is 0.899. The van der Waals surface area contributed by atoms with Gasteiger partial charge in [-0.25, -0.2) is 0 Å². The fraction of sp³-hybridized carbons (Fsp3) is 0. The highest BCUT2D eigenvalue weighted by molar-refractivity contribution is 6.24. The Kier molecular flexibility index (Phi) is 6.98. The van der Waals surface area contributed by atoms with Crippen LogP contribution in [0.2, 0.25) is 0 Å². The van der Waals surface area contributed by atoms with Crippen molar-refractivity contribution < 1.29 is 8.83 Å². The zero-order valence-electron chi connectivity index (χ0n) is 32.3. The summed E-state index contributed by atoms with van der Waals surface area (Å²) in [7, 11) is 0. The Labute approximate surface area is 344 Å². The Morgan fingerprint density at radius 3 is 1.35 bits per heavy atom. The van der Waals surface area contributed by atoms with Crippen LogP contribution in [-0.2, 0) is 0 Å². The fourth-order valence-electron chi connectivity index (χ4n) is 9.65. The van der Waals surface area contributed by atoms with Gasteiger partial charge in [-0.05, 0) is 88.6 Å². The van der Waals surface area contributed by atoms with Gasteiger partial charge in [0.05, 0.1) is 11.0 Å². The summed E-state index contributed by atoms with van der Waals surface area (Å²) in [6.07, 6.45) is 0. The van der Waals surface area contributed by atoms with Crippen molar-refractivity contribution in [3.63, 3.8) is 0 Å². The van der Waals surface area contributed by atoms with Crippen LogP contribution in [0.25, 0.3) is 104 Å². The van der Waals surface area contributed by atoms with Crippen LogP contribution in [0.3, 0.4) is 0 Å². The van der Waals surface area contributed by atoms with E-state index in [4.69, 9.17) is 8.83 Å². The van der Waals surface area contributed by atoms with Crippen molar-refractivity contribution in [3.05, 3.63) is 206 Å². The van der Waals surface area contributed by atoms with Gasteiger partial charge in [0, 0.05) is 66.2 Å². The molecule has 0 amide bonds. The van der Waals surface area contributed by atoms with Crippen LogP contribution in [0, 0.1) is 0 Å². The van der Waals surface area contributed by atoms with E-state index in [1.807, 2.05) is 24.3 Å². The molecule has 0 radical (unpaired) electrons. The quantitative estimate of drug-likeness (QED) is 0.158. The van der Waals surface area contributed by atoms with E-state index in [2.05, 4.69) is 191 Å². The highest BCUT2D eigenvalue weighted by atomic mass is 16.3. The van der Waals surface area contributed by atoms with Crippen LogP contribution in [0.4, 0.5) is 17.1 Å². The lowest BCUT2D eigenvalue weighted by Crippen LogP contribution is -2.10. The highest BCUT2D eigenvalue weighted by Gasteiger charge is 2.20. The van der Waals surface area contributed by atoms with Crippen molar-refractivity contribution in [3.8, 4) is 27.9 Å². The molecule has 3 heterocycles. The number of fused-ring (bicyclic) bond motifs is 6. The van der Waals surface area contributed by atoms with Gasteiger partial charge in [0.25, 0.3) is 0 Å². The minimum atomic E-state index is 0.899. The van der Waals surface area contributed by atoms with Gasteiger partial charge in [0.2, 0.25) is 0 Å². The van der Waals surface area contributed by atoms with Crippen molar-refractivity contribution in [2.75, 3.05) is 4.90 Å². The Hall–Kier alpha value is -8.08. The third kappa shape index (κ3) is 4.85. The van der Waals surface area contributed by atoms with Crippen LogP contribution in [0.5, 0.6) is 0 Å². The number of hydrogen-bond acceptors (Lipinski definition) is 3. The molecule has 0 spiro atoms. The molecule has 0 fully saturated rings. The van der Waals surface area contributed by atoms with E-state index >= 15 is 0 Å². The van der Waals surface area contributed by atoms with E-state index in [-0.39, 0.29) is 0 Å². The summed E-state index contributed by atoms with van der Waals surface area (Å²) >= 11 is 0. The number of nitrogens with zero attached hydrogens (tertiary/aromatic N) is 2. The predicted octanol–water partition coefficient (Wildman–Crippen LogP) is 16.0. The number of furan rings is 2. The van der Waals surface area contributed by atoms with Gasteiger partial charge in [-0.1, -0.05) is 140 Å². The molecule has 13 aromatic rings. The van der Waals surface area contributed by atoms with Crippen LogP contribution < -0.4 is 4.90 Å². The highest BCUT2D eigenvalue weighted by Crippen LogP contribution is 2.43. The van der Waals surface area contributed by atoms with E-state index in [0.717, 1.165) is 88.9 Å². The number of aromatic nitrogens is 1. The van der Waals surface area contributed by atoms with Crippen molar-refractivity contribution in [2.24, 2.45) is 0 Å². The molecule has 0 atom stereocenters. The van der Waals surface area contributed by atoms with Gasteiger partial charge < -0.3 is 18.3 Å². The third-order valence-corrected chi connectivity index (χ3v) is 12.4. The SMILES string of the molecule is c1cc(N(c2ccc(-c3cccc4c3oc3ccccc34)cc2)c2ccc(-c3cccc4c3oc3ccccc34)cc2)cc(-n2c3cccc4ccc5cccc2c5c43)c1. The van der Waals surface area contributed by atoms with E-state index < -0.39 is 0 Å². The first kappa shape index (κ1) is 32.9. The summed E-state index contributed by atoms with van der Waals surface area (Å²) in [5, 5.41) is 9.63. The Balaban J connectivity index is 0.965. The Morgan fingerprint density at radius 2 is 0.817 bits per heavy atom. The minimum Gasteiger partial charge on any atom is -0.455 e. The van der Waals surface area contributed by atoms with Crippen molar-refractivity contribution >= 4 is 93.5 Å². The molecule has 0 bridgehead atoms. The van der Waals surface area contributed by atoms with Gasteiger partial charge in [-0.2, -0.15) is 0 Å². The molecule has 0 aliphatic rings. The lowest BCUT2D eigenvalue weighted by atomic mass is 10.0. The first-order valence-electron chi connectivity index (χ1n) is 20.4. The molecule has 0 aliphatic carbocycles. The average Bonchev–Trinajstić information content (AvgIpc) is 4.00. The van der Waals surface area contributed by atoms with Gasteiger partial charge in [0.15, 0.2) is 0 Å². The molecular formula is C56H34N2O2. The molecule has 10 aromatic carbocycles. The normalized spacial score (nSPS) is 12.0. The number of anilines is 3. The van der Waals surface area contributed by atoms with Crippen LogP contribution in [0.1, 0.15) is 0 Å². The van der Waals surface area contributed by atoms with Gasteiger partial charge in [-0.15, -0.1) is 0 Å². The topological polar surface area (TPSA) is 34.5 Å². The molecule has 0 saturated heterocycles. The molecule has 3 aromatic heterocycles. The van der Waals surface area contributed by atoms with E-state index in [0.29, 0.717) is 0 Å². The van der Waals surface area contributed by atoms with Crippen LogP contribution in [0.15, 0.2) is 215 Å². The van der Waals surface area contributed by atoms with Crippen molar-refractivity contribution in [1.29, 1.82) is 0 Å². The van der Waals surface area contributed by atoms with E-state index in [1.165, 1.54) is 32.6 Å². The largest absolute Gasteiger partial charge is 0.455 e. The van der Waals surface area contributed by atoms with Gasteiger partial charge in [0.1, 0.15) is 22.3 Å². The molecule has 4 nitrogen and oxygen atoms in total. The van der Waals surface area contributed by atoms with Crippen molar-refractivity contribution in [1.82, 2.24) is 4.57 Å². The summed E-state index contributed by atoms with van der Waals surface area (Å²) in [4.78, 5) is 2.35. The number of rotatable bonds is 6. The van der Waals surface area contributed by atoms with E-state index in [9.17, 15) is 0 Å². The zero-order valence-corrected chi connectivity index (χ0v) is 32.3. The maximum absolute atomic E-state index is 6.45. The molecule has 60 heavy (non-hydrogen) atoms. The maximum Gasteiger partial charge on any atom is 0.143 e. The first-order valence-corrected chi connectivity index (χ1v) is 20.4. The van der Waals surface area contributed by atoms with Gasteiger partial charge in [-0.3, -0.25) is 0 Å². The summed E-state index contributed by atoms with van der Waals surface area (Å²) in [6.45, 7) is 0. The average molecular weight is 767 g/mol. The summed E-state index contributed by atoms with van der Waals surface area (Å²) < 4.78 is 15.3. The second kappa shape index (κ2) is 12.7. The van der Waals surface area contributed by atoms with Crippen LogP contribution >= 0.6 is 0 Å². The third-order valence-electron chi connectivity index (χ3n) is 12.4. The molecule has 4 heteroatoms. The molecular weight excluding hydrogens is 733 g/mol. The Morgan fingerprint density at radius 1 is 0.350 bits per heavy atom. The van der Waals surface area contributed by atoms with Crippen molar-refractivity contribution in [2.45, 2.75) is 0 Å². The Bertz CT molecular complexity index is 3550. The lowest BCUT2D eigenvalue weighted by molar-refractivity contribution is 0.669. The number of para-hydroxylation sites is 4. The zero-order chi connectivity index (χ0) is 39.3. The first-order chi connectivity index (χ1) is 29.7. The molecule has 13 rings (SSSR count). The summed E-state index contributed by atoms with van der Waals surface area (Å²) in [6, 6.07) is 73.7. The number of benzene rings is 10. The second-order valence-electron chi connectivity index (χ2n) is 15.7. The molecule has 0 N–H and O–H groups in total. The van der Waals surface area contributed by atoms with Gasteiger partial charge >= 0.3 is 0 Å². The molecule has 280 valence electrons. The predicted molar refractivity (Wildman–Crippen MR) is 250 cm³/mol. The number of hydrogen-bond donors (Lipinski definition) is 0. The molecule has 0 aliphatic heterocycles. The smallest absolute Gasteiger partial charge is 0.143 e. The lowest BCUT2D eigenvalue weighted by Gasteiger charge is -2.26. The maximum atomic E-state index is 6.45. The molecule has 0 unspecified atom stereocenters. The monoisotopic (exact) mass is 766 g/mol. The molecule has 0 saturated carbocycles. The summed E-state index contributed by atoms with van der Waals surface area (Å²) in [5.74, 6) is 0. The van der Waals surface area contributed by atoms with Crippen LogP contribution in [-0.4, -0.2) is 4.57 Å². The summed E-state index contributed by atoms with van der Waals surface area (Å²) in [5.41, 5.74) is 14.6. The van der Waals surface area contributed by atoms with E-state index in [1.54, 1.807) is 0 Å². The second-order valence-corrected chi connectivity index (χ2v) is 15.7. The fourth-order valence-corrected chi connectivity index (χ4v) is 9.65.